The molecule has 2 fully saturated rings. The normalized spacial score (nSPS) is 21.1. The summed E-state index contributed by atoms with van der Waals surface area (Å²) < 4.78 is 5.24. The fourth-order valence-electron chi connectivity index (χ4n) is 4.90. The number of hydrogen-bond donors (Lipinski definition) is 0. The quantitative estimate of drug-likeness (QED) is 0.274. The van der Waals surface area contributed by atoms with E-state index < -0.39 is 35.8 Å². The zero-order valence-electron chi connectivity index (χ0n) is 20.6. The Labute approximate surface area is 228 Å². The highest BCUT2D eigenvalue weighted by Gasteiger charge is 2.61. The van der Waals surface area contributed by atoms with Gasteiger partial charge in [-0.3, -0.25) is 14.4 Å². The van der Waals surface area contributed by atoms with E-state index in [1.54, 1.807) is 37.1 Å². The molecule has 10 heteroatoms. The topological polar surface area (TPSA) is 76.2 Å². The molecule has 2 aromatic carbocycles. The molecule has 2 aliphatic rings. The van der Waals surface area contributed by atoms with Crippen LogP contribution in [0.2, 0.25) is 10.0 Å². The number of aryl methyl sites for hydroxylation is 2. The van der Waals surface area contributed by atoms with Crippen LogP contribution >= 0.6 is 34.5 Å². The Morgan fingerprint density at radius 2 is 1.81 bits per heavy atom. The van der Waals surface area contributed by atoms with Crippen LogP contribution in [-0.2, 0) is 19.2 Å². The van der Waals surface area contributed by atoms with E-state index in [-0.39, 0.29) is 17.2 Å². The minimum absolute atomic E-state index is 0.172. The van der Waals surface area contributed by atoms with Crippen molar-refractivity contribution in [2.24, 2.45) is 5.92 Å². The number of thiophene rings is 1. The number of imide groups is 1. The molecule has 3 heterocycles. The van der Waals surface area contributed by atoms with Crippen LogP contribution in [0, 0.1) is 26.7 Å². The molecule has 0 radical (unpaired) electrons. The van der Waals surface area contributed by atoms with Gasteiger partial charge < -0.3 is 4.74 Å². The van der Waals surface area contributed by atoms with E-state index in [1.807, 2.05) is 38.1 Å². The number of amides is 2. The molecular weight excluding hydrogens is 535 g/mol. The predicted octanol–water partition coefficient (Wildman–Crippen LogP) is 6.21. The van der Waals surface area contributed by atoms with Gasteiger partial charge in [-0.1, -0.05) is 47.5 Å². The van der Waals surface area contributed by atoms with Crippen LogP contribution in [-0.4, -0.2) is 30.5 Å². The second-order valence-electron chi connectivity index (χ2n) is 8.97. The van der Waals surface area contributed by atoms with E-state index in [0.29, 0.717) is 21.2 Å². The number of esters is 1. The minimum atomic E-state index is -1.10. The summed E-state index contributed by atoms with van der Waals surface area (Å²) in [5.74, 6) is -2.47. The SMILES string of the molecule is CCOC(=O)c1c(N2C(=O)C3ON(c4ccccc4C)C(c4ccc(Cl)cc4Cl)C3C2=O)sc(C)c1C. The van der Waals surface area contributed by atoms with Crippen LogP contribution in [0.15, 0.2) is 42.5 Å². The maximum Gasteiger partial charge on any atom is 0.341 e. The summed E-state index contributed by atoms with van der Waals surface area (Å²) in [6, 6.07) is 11.9. The summed E-state index contributed by atoms with van der Waals surface area (Å²) in [4.78, 5) is 48.8. The summed E-state index contributed by atoms with van der Waals surface area (Å²) >= 11 is 14.0. The molecule has 3 aromatic rings. The van der Waals surface area contributed by atoms with Crippen molar-refractivity contribution in [2.45, 2.75) is 39.8 Å². The first-order valence-electron chi connectivity index (χ1n) is 11.8. The number of hydroxylamine groups is 1. The molecule has 5 rings (SSSR count). The monoisotopic (exact) mass is 558 g/mol. The minimum Gasteiger partial charge on any atom is -0.462 e. The summed E-state index contributed by atoms with van der Waals surface area (Å²) in [5, 5.41) is 2.66. The van der Waals surface area contributed by atoms with Gasteiger partial charge in [-0.15, -0.1) is 11.3 Å². The summed E-state index contributed by atoms with van der Waals surface area (Å²) in [6.07, 6.45) is -1.10. The van der Waals surface area contributed by atoms with E-state index in [0.717, 1.165) is 21.0 Å². The predicted molar refractivity (Wildman–Crippen MR) is 143 cm³/mol. The highest BCUT2D eigenvalue weighted by Crippen LogP contribution is 2.51. The van der Waals surface area contributed by atoms with Gasteiger partial charge >= 0.3 is 5.97 Å². The van der Waals surface area contributed by atoms with Gasteiger partial charge in [-0.25, -0.2) is 14.8 Å². The Morgan fingerprint density at radius 1 is 1.08 bits per heavy atom. The van der Waals surface area contributed by atoms with Crippen LogP contribution in [0.3, 0.4) is 0 Å². The third-order valence-corrected chi connectivity index (χ3v) is 8.55. The average molecular weight is 559 g/mol. The van der Waals surface area contributed by atoms with Crippen molar-refractivity contribution in [3.05, 3.63) is 79.6 Å². The molecule has 37 heavy (non-hydrogen) atoms. The number of carbonyl (C=O) groups is 3. The summed E-state index contributed by atoms with van der Waals surface area (Å²) in [5.41, 5.74) is 3.13. The maximum atomic E-state index is 14.1. The average Bonchev–Trinajstić information content (AvgIpc) is 3.45. The van der Waals surface area contributed by atoms with Crippen molar-refractivity contribution < 1.29 is 24.0 Å². The summed E-state index contributed by atoms with van der Waals surface area (Å²) in [6.45, 7) is 7.42. The van der Waals surface area contributed by atoms with E-state index >= 15 is 0 Å². The second kappa shape index (κ2) is 9.76. The first-order valence-corrected chi connectivity index (χ1v) is 13.3. The van der Waals surface area contributed by atoms with Gasteiger partial charge in [-0.2, -0.15) is 0 Å². The smallest absolute Gasteiger partial charge is 0.341 e. The number of rotatable bonds is 5. The maximum absolute atomic E-state index is 14.1. The number of ether oxygens (including phenoxy) is 1. The number of benzene rings is 2. The van der Waals surface area contributed by atoms with Crippen LogP contribution in [0.4, 0.5) is 10.7 Å². The molecular formula is C27H24Cl2N2O5S. The van der Waals surface area contributed by atoms with Gasteiger partial charge in [0.15, 0.2) is 6.10 Å². The zero-order valence-corrected chi connectivity index (χ0v) is 22.9. The molecule has 0 bridgehead atoms. The molecule has 3 atom stereocenters. The molecule has 2 aliphatic heterocycles. The molecule has 3 unspecified atom stereocenters. The van der Waals surface area contributed by atoms with Gasteiger partial charge in [0.05, 0.1) is 23.9 Å². The van der Waals surface area contributed by atoms with Crippen molar-refractivity contribution in [1.29, 1.82) is 0 Å². The first-order chi connectivity index (χ1) is 17.6. The fourth-order valence-corrected chi connectivity index (χ4v) is 6.58. The number of halogens is 2. The number of hydrogen-bond acceptors (Lipinski definition) is 7. The molecule has 0 spiro atoms. The van der Waals surface area contributed by atoms with Crippen molar-refractivity contribution in [1.82, 2.24) is 0 Å². The molecule has 2 saturated heterocycles. The highest BCUT2D eigenvalue weighted by molar-refractivity contribution is 7.17. The van der Waals surface area contributed by atoms with Crippen molar-refractivity contribution in [3.63, 3.8) is 0 Å². The van der Waals surface area contributed by atoms with E-state index in [1.165, 1.54) is 11.3 Å². The van der Waals surface area contributed by atoms with E-state index in [9.17, 15) is 14.4 Å². The van der Waals surface area contributed by atoms with Gasteiger partial charge in [0.1, 0.15) is 10.9 Å². The number of fused-ring (bicyclic) bond motifs is 1. The van der Waals surface area contributed by atoms with Gasteiger partial charge in [0, 0.05) is 14.9 Å². The molecule has 1 aromatic heterocycles. The second-order valence-corrected chi connectivity index (χ2v) is 11.0. The molecule has 0 aliphatic carbocycles. The Hall–Kier alpha value is -2.91. The van der Waals surface area contributed by atoms with Gasteiger partial charge in [0.25, 0.3) is 5.91 Å². The molecule has 0 N–H and O–H groups in total. The zero-order chi connectivity index (χ0) is 26.6. The number of carbonyl (C=O) groups excluding carboxylic acids is 3. The molecule has 2 amide bonds. The standard InChI is InChI=1S/C27H24Cl2N2O5S/c1-5-35-27(34)20-14(3)15(4)37-26(20)30-24(32)21-22(17-11-10-16(28)12-18(17)29)31(36-23(21)25(30)33)19-9-7-6-8-13(19)2/h6-12,21-23H,5H2,1-4H3. The van der Waals surface area contributed by atoms with Crippen LogP contribution in [0.5, 0.6) is 0 Å². The Bertz CT molecular complexity index is 1440. The molecule has 7 nitrogen and oxygen atoms in total. The molecule has 192 valence electrons. The van der Waals surface area contributed by atoms with Crippen molar-refractivity contribution in [2.75, 3.05) is 16.6 Å². The lowest BCUT2D eigenvalue weighted by atomic mass is 9.90. The third-order valence-electron chi connectivity index (χ3n) is 6.80. The summed E-state index contributed by atoms with van der Waals surface area (Å²) in [7, 11) is 0. The number of anilines is 2. The largest absolute Gasteiger partial charge is 0.462 e. The Kier molecular flexibility index (Phi) is 6.79. The lowest BCUT2D eigenvalue weighted by Crippen LogP contribution is -2.38. The van der Waals surface area contributed by atoms with Crippen molar-refractivity contribution in [3.8, 4) is 0 Å². The number of para-hydroxylation sites is 1. The highest BCUT2D eigenvalue weighted by atomic mass is 35.5. The van der Waals surface area contributed by atoms with Crippen LogP contribution < -0.4 is 9.96 Å². The fraction of sp³-hybridized carbons (Fsp3) is 0.296. The first kappa shape index (κ1) is 25.7. The van der Waals surface area contributed by atoms with Crippen LogP contribution in [0.25, 0.3) is 0 Å². The van der Waals surface area contributed by atoms with E-state index in [2.05, 4.69) is 0 Å². The van der Waals surface area contributed by atoms with E-state index in [4.69, 9.17) is 32.8 Å². The van der Waals surface area contributed by atoms with Gasteiger partial charge in [0.2, 0.25) is 5.91 Å². The lowest BCUT2D eigenvalue weighted by molar-refractivity contribution is -0.126. The lowest BCUT2D eigenvalue weighted by Gasteiger charge is -2.30. The third kappa shape index (κ3) is 4.12. The van der Waals surface area contributed by atoms with Gasteiger partial charge in [-0.05, 0) is 62.6 Å². The Morgan fingerprint density at radius 3 is 2.49 bits per heavy atom. The Balaban J connectivity index is 1.63. The van der Waals surface area contributed by atoms with Crippen molar-refractivity contribution >= 4 is 63.0 Å². The van der Waals surface area contributed by atoms with Crippen LogP contribution in [0.1, 0.15) is 44.9 Å². The number of nitrogens with zero attached hydrogens (tertiary/aromatic N) is 2. The molecule has 0 saturated carbocycles.